The van der Waals surface area contributed by atoms with Crippen molar-refractivity contribution in [2.45, 2.75) is 20.3 Å². The third-order valence-electron chi connectivity index (χ3n) is 5.96. The molecule has 0 saturated carbocycles. The summed E-state index contributed by atoms with van der Waals surface area (Å²) in [5.74, 6) is 0.189. The lowest BCUT2D eigenvalue weighted by Gasteiger charge is -2.36. The highest BCUT2D eigenvalue weighted by molar-refractivity contribution is 7.15. The number of amides is 1. The highest BCUT2D eigenvalue weighted by atomic mass is 32.1. The Hall–Kier alpha value is -3.12. The van der Waals surface area contributed by atoms with Gasteiger partial charge >= 0.3 is 0 Å². The van der Waals surface area contributed by atoms with Crippen LogP contribution in [0.1, 0.15) is 16.8 Å². The highest BCUT2D eigenvalue weighted by Gasteiger charge is 2.22. The molecular weight excluding hydrogens is 404 g/mol. The summed E-state index contributed by atoms with van der Waals surface area (Å²) in [6.07, 6.45) is 2.46. The molecule has 0 radical (unpaired) electrons. The largest absolute Gasteiger partial charge is 0.368 e. The van der Waals surface area contributed by atoms with Crippen LogP contribution in [0, 0.1) is 13.8 Å². The van der Waals surface area contributed by atoms with E-state index in [9.17, 15) is 4.79 Å². The minimum Gasteiger partial charge on any atom is -0.368 e. The number of piperazine rings is 1. The number of hydrogen-bond acceptors (Lipinski definition) is 4. The Morgan fingerprint density at radius 1 is 1.00 bits per heavy atom. The number of aryl methyl sites for hydroxylation is 2. The van der Waals surface area contributed by atoms with E-state index in [1.54, 1.807) is 11.3 Å². The molecule has 0 aliphatic carbocycles. The zero-order chi connectivity index (χ0) is 21.4. The lowest BCUT2D eigenvalue weighted by Crippen LogP contribution is -2.49. The molecule has 5 nitrogen and oxygen atoms in total. The molecule has 6 heteroatoms. The lowest BCUT2D eigenvalue weighted by atomic mass is 10.1. The van der Waals surface area contributed by atoms with Crippen molar-refractivity contribution in [2.24, 2.45) is 0 Å². The first-order valence-corrected chi connectivity index (χ1v) is 11.6. The van der Waals surface area contributed by atoms with Crippen molar-refractivity contribution in [1.82, 2.24) is 14.3 Å². The number of carbonyl (C=O) groups is 1. The van der Waals surface area contributed by atoms with E-state index in [1.165, 1.54) is 16.8 Å². The first kappa shape index (κ1) is 19.8. The standard InChI is InChI=1S/C25H26N4OS/c1-18-6-8-20(9-7-18)23-16-29-22(17-31-25(29)26-23)15-24(30)28-12-10-27(11-13-28)21-5-3-4-19(2)14-21/h3-9,14,16-17H,10-13,15H2,1-2H3. The van der Waals surface area contributed by atoms with Gasteiger partial charge in [-0.15, -0.1) is 11.3 Å². The van der Waals surface area contributed by atoms with Gasteiger partial charge in [0, 0.05) is 54.7 Å². The molecule has 0 bridgehead atoms. The van der Waals surface area contributed by atoms with Gasteiger partial charge in [-0.1, -0.05) is 42.0 Å². The van der Waals surface area contributed by atoms with Crippen LogP contribution in [0.2, 0.25) is 0 Å². The van der Waals surface area contributed by atoms with Crippen molar-refractivity contribution in [3.8, 4) is 11.3 Å². The fraction of sp³-hybridized carbons (Fsp3) is 0.280. The van der Waals surface area contributed by atoms with E-state index in [2.05, 4.69) is 83.3 Å². The average Bonchev–Trinajstić information content (AvgIpc) is 3.36. The minimum absolute atomic E-state index is 0.189. The number of hydrogen-bond donors (Lipinski definition) is 0. The Kier molecular flexibility index (Phi) is 5.24. The number of rotatable bonds is 4. The van der Waals surface area contributed by atoms with E-state index >= 15 is 0 Å². The van der Waals surface area contributed by atoms with Crippen molar-refractivity contribution in [3.63, 3.8) is 0 Å². The van der Waals surface area contributed by atoms with Crippen LogP contribution < -0.4 is 4.90 Å². The summed E-state index contributed by atoms with van der Waals surface area (Å²) < 4.78 is 2.07. The highest BCUT2D eigenvalue weighted by Crippen LogP contribution is 2.25. The monoisotopic (exact) mass is 430 g/mol. The van der Waals surface area contributed by atoms with Gasteiger partial charge in [0.2, 0.25) is 5.91 Å². The van der Waals surface area contributed by atoms with Crippen LogP contribution in [0.25, 0.3) is 16.2 Å². The van der Waals surface area contributed by atoms with Gasteiger partial charge < -0.3 is 9.80 Å². The SMILES string of the molecule is Cc1ccc(-c2cn3c(CC(=O)N4CCN(c5cccc(C)c5)CC4)csc3n2)cc1. The van der Waals surface area contributed by atoms with Gasteiger partial charge in [0.25, 0.3) is 0 Å². The van der Waals surface area contributed by atoms with Crippen molar-refractivity contribution < 1.29 is 4.79 Å². The quantitative estimate of drug-likeness (QED) is 0.476. The molecule has 1 aliphatic rings. The number of nitrogens with zero attached hydrogens (tertiary/aromatic N) is 4. The van der Waals surface area contributed by atoms with Crippen molar-refractivity contribution >= 4 is 27.9 Å². The number of carbonyl (C=O) groups excluding carboxylic acids is 1. The summed E-state index contributed by atoms with van der Waals surface area (Å²) in [4.78, 5) is 23.0. The van der Waals surface area contributed by atoms with Crippen molar-refractivity contribution in [1.29, 1.82) is 0 Å². The van der Waals surface area contributed by atoms with E-state index in [4.69, 9.17) is 4.98 Å². The first-order valence-electron chi connectivity index (χ1n) is 10.7. The Balaban J connectivity index is 1.26. The predicted molar refractivity (Wildman–Crippen MR) is 127 cm³/mol. The molecule has 1 saturated heterocycles. The smallest absolute Gasteiger partial charge is 0.228 e. The van der Waals surface area contributed by atoms with E-state index in [0.29, 0.717) is 6.42 Å². The zero-order valence-electron chi connectivity index (χ0n) is 17.9. The summed E-state index contributed by atoms with van der Waals surface area (Å²) in [7, 11) is 0. The Labute approximate surface area is 186 Å². The van der Waals surface area contributed by atoms with Crippen LogP contribution in [0.5, 0.6) is 0 Å². The fourth-order valence-electron chi connectivity index (χ4n) is 4.13. The third kappa shape index (κ3) is 4.08. The van der Waals surface area contributed by atoms with Crippen LogP contribution in [-0.4, -0.2) is 46.4 Å². The van der Waals surface area contributed by atoms with E-state index in [0.717, 1.165) is 48.1 Å². The van der Waals surface area contributed by atoms with Crippen LogP contribution in [0.15, 0.2) is 60.1 Å². The summed E-state index contributed by atoms with van der Waals surface area (Å²) in [6.45, 7) is 7.47. The van der Waals surface area contributed by atoms with Gasteiger partial charge in [-0.25, -0.2) is 4.98 Å². The predicted octanol–water partition coefficient (Wildman–Crippen LogP) is 4.57. The number of fused-ring (bicyclic) bond motifs is 1. The minimum atomic E-state index is 0.189. The molecule has 4 aromatic rings. The second-order valence-electron chi connectivity index (χ2n) is 8.26. The van der Waals surface area contributed by atoms with Crippen LogP contribution in [0.3, 0.4) is 0 Å². The number of aromatic nitrogens is 2. The van der Waals surface area contributed by atoms with E-state index in [1.807, 2.05) is 4.90 Å². The van der Waals surface area contributed by atoms with Crippen molar-refractivity contribution in [3.05, 3.63) is 76.9 Å². The van der Waals surface area contributed by atoms with Crippen LogP contribution in [-0.2, 0) is 11.2 Å². The molecule has 0 unspecified atom stereocenters. The number of thiazole rings is 1. The molecule has 158 valence electrons. The maximum Gasteiger partial charge on any atom is 0.228 e. The van der Waals surface area contributed by atoms with Gasteiger partial charge in [-0.2, -0.15) is 0 Å². The number of anilines is 1. The van der Waals surface area contributed by atoms with Gasteiger partial charge in [0.1, 0.15) is 0 Å². The zero-order valence-corrected chi connectivity index (χ0v) is 18.7. The summed E-state index contributed by atoms with van der Waals surface area (Å²) in [5, 5.41) is 2.06. The average molecular weight is 431 g/mol. The molecular formula is C25H26N4OS. The molecule has 2 aromatic carbocycles. The Bertz CT molecular complexity index is 1220. The van der Waals surface area contributed by atoms with Gasteiger partial charge in [0.05, 0.1) is 12.1 Å². The summed E-state index contributed by atoms with van der Waals surface area (Å²) in [5.41, 5.74) is 6.81. The first-order chi connectivity index (χ1) is 15.1. The Morgan fingerprint density at radius 2 is 1.77 bits per heavy atom. The normalized spacial score (nSPS) is 14.4. The molecule has 0 N–H and O–H groups in total. The van der Waals surface area contributed by atoms with Crippen LogP contribution in [0.4, 0.5) is 5.69 Å². The fourth-order valence-corrected chi connectivity index (χ4v) is 5.00. The molecule has 1 amide bonds. The van der Waals surface area contributed by atoms with Gasteiger partial charge in [0.15, 0.2) is 4.96 Å². The molecule has 1 fully saturated rings. The lowest BCUT2D eigenvalue weighted by molar-refractivity contribution is -0.130. The van der Waals surface area contributed by atoms with Gasteiger partial charge in [-0.05, 0) is 31.5 Å². The van der Waals surface area contributed by atoms with Crippen molar-refractivity contribution in [2.75, 3.05) is 31.1 Å². The van der Waals surface area contributed by atoms with E-state index < -0.39 is 0 Å². The molecule has 3 heterocycles. The summed E-state index contributed by atoms with van der Waals surface area (Å²) >= 11 is 1.59. The molecule has 2 aromatic heterocycles. The molecule has 0 atom stereocenters. The maximum atomic E-state index is 13.0. The number of benzene rings is 2. The molecule has 1 aliphatic heterocycles. The number of imidazole rings is 1. The van der Waals surface area contributed by atoms with E-state index in [-0.39, 0.29) is 5.91 Å². The van der Waals surface area contributed by atoms with Gasteiger partial charge in [-0.3, -0.25) is 9.20 Å². The maximum absolute atomic E-state index is 13.0. The van der Waals surface area contributed by atoms with Crippen LogP contribution >= 0.6 is 11.3 Å². The molecule has 31 heavy (non-hydrogen) atoms. The molecule has 0 spiro atoms. The molecule has 5 rings (SSSR count). The Morgan fingerprint density at radius 3 is 2.52 bits per heavy atom. The second-order valence-corrected chi connectivity index (χ2v) is 9.09. The third-order valence-corrected chi connectivity index (χ3v) is 6.85. The summed E-state index contributed by atoms with van der Waals surface area (Å²) in [6, 6.07) is 17.0. The topological polar surface area (TPSA) is 40.9 Å². The second kappa shape index (κ2) is 8.19.